The highest BCUT2D eigenvalue weighted by Gasteiger charge is 2.42. The van der Waals surface area contributed by atoms with Gasteiger partial charge in [0.05, 0.1) is 16.8 Å². The van der Waals surface area contributed by atoms with E-state index in [-0.39, 0.29) is 22.9 Å². The first kappa shape index (κ1) is 21.4. The van der Waals surface area contributed by atoms with E-state index in [0.29, 0.717) is 16.7 Å². The van der Waals surface area contributed by atoms with Gasteiger partial charge in [-0.15, -0.1) is 11.3 Å². The topological polar surface area (TPSA) is 59.3 Å². The number of carbonyl (C=O) groups is 1. The molecule has 0 spiro atoms. The maximum atomic E-state index is 13.8. The number of hydrogen-bond donors (Lipinski definition) is 1. The lowest BCUT2D eigenvalue weighted by Gasteiger charge is -2.28. The predicted octanol–water partition coefficient (Wildman–Crippen LogP) is 5.59. The van der Waals surface area contributed by atoms with Crippen molar-refractivity contribution in [3.63, 3.8) is 0 Å². The Labute approximate surface area is 188 Å². The van der Waals surface area contributed by atoms with Crippen LogP contribution in [0.2, 0.25) is 0 Å². The number of fused-ring (bicyclic) bond motifs is 3. The summed E-state index contributed by atoms with van der Waals surface area (Å²) in [6, 6.07) is 4.63. The van der Waals surface area contributed by atoms with Crippen molar-refractivity contribution < 1.29 is 18.0 Å². The summed E-state index contributed by atoms with van der Waals surface area (Å²) in [4.78, 5) is 19.2. The molecular formula is C23H25F3N4OS. The molecule has 3 heterocycles. The zero-order valence-corrected chi connectivity index (χ0v) is 18.8. The van der Waals surface area contributed by atoms with Crippen LogP contribution in [0.25, 0.3) is 16.2 Å². The second-order valence-corrected chi connectivity index (χ2v) is 10.2. The van der Waals surface area contributed by atoms with Crippen LogP contribution < -0.4 is 5.32 Å². The molecule has 3 aromatic rings. The molecule has 3 aromatic heterocycles. The monoisotopic (exact) mass is 462 g/mol. The van der Waals surface area contributed by atoms with Gasteiger partial charge in [-0.25, -0.2) is 9.50 Å². The normalized spacial score (nSPS) is 23.7. The van der Waals surface area contributed by atoms with Crippen molar-refractivity contribution in [2.75, 3.05) is 0 Å². The van der Waals surface area contributed by atoms with Crippen LogP contribution in [0.3, 0.4) is 0 Å². The summed E-state index contributed by atoms with van der Waals surface area (Å²) in [5, 5.41) is 6.90. The fraction of sp³-hybridized carbons (Fsp3) is 0.522. The molecule has 5 nitrogen and oxygen atoms in total. The van der Waals surface area contributed by atoms with Gasteiger partial charge in [-0.05, 0) is 68.6 Å². The molecule has 0 radical (unpaired) electrons. The number of alkyl halides is 3. The third-order valence-electron chi connectivity index (χ3n) is 7.06. The first-order valence-electron chi connectivity index (χ1n) is 11.1. The molecule has 4 atom stereocenters. The molecule has 0 aliphatic heterocycles. The van der Waals surface area contributed by atoms with Crippen molar-refractivity contribution in [2.24, 2.45) is 17.8 Å². The number of aryl methyl sites for hydroxylation is 1. The molecular weight excluding hydrogens is 437 g/mol. The number of hydrogen-bond acceptors (Lipinski definition) is 4. The standard InChI is InChI=1S/C23H25F3N4OS/c1-3-15-6-7-19(32-15)18-10-20(23(24,25)26)30-21(29-18)17(11-27-30)22(31)28-12(2)16-9-13-4-5-14(16)8-13/h6-7,10-14,16H,3-5,8-9H2,1-2H3,(H,28,31)/t12-,13-,14-,16+/m0/s1. The van der Waals surface area contributed by atoms with Crippen LogP contribution in [-0.4, -0.2) is 26.5 Å². The number of carbonyl (C=O) groups excluding carboxylic acids is 1. The van der Waals surface area contributed by atoms with Crippen molar-refractivity contribution in [1.29, 1.82) is 0 Å². The Hall–Kier alpha value is -2.42. The van der Waals surface area contributed by atoms with E-state index >= 15 is 0 Å². The molecule has 2 aliphatic carbocycles. The quantitative estimate of drug-likeness (QED) is 0.537. The van der Waals surface area contributed by atoms with E-state index in [1.165, 1.54) is 36.8 Å². The largest absolute Gasteiger partial charge is 0.433 e. The van der Waals surface area contributed by atoms with E-state index in [2.05, 4.69) is 15.4 Å². The van der Waals surface area contributed by atoms with Gasteiger partial charge in [-0.1, -0.05) is 13.3 Å². The van der Waals surface area contributed by atoms with E-state index in [9.17, 15) is 18.0 Å². The fourth-order valence-corrected chi connectivity index (χ4v) is 6.36. The summed E-state index contributed by atoms with van der Waals surface area (Å²) < 4.78 is 42.2. The summed E-state index contributed by atoms with van der Waals surface area (Å²) in [6.07, 6.45) is 2.16. The highest BCUT2D eigenvalue weighted by atomic mass is 32.1. The van der Waals surface area contributed by atoms with Crippen molar-refractivity contribution in [3.8, 4) is 10.6 Å². The number of nitrogens with one attached hydrogen (secondary N) is 1. The molecule has 0 unspecified atom stereocenters. The molecule has 2 fully saturated rings. The molecule has 9 heteroatoms. The minimum absolute atomic E-state index is 0.0394. The summed E-state index contributed by atoms with van der Waals surface area (Å²) in [5.74, 6) is 1.38. The minimum atomic E-state index is -4.63. The number of aromatic nitrogens is 3. The lowest BCUT2D eigenvalue weighted by Crippen LogP contribution is -2.40. The van der Waals surface area contributed by atoms with Crippen molar-refractivity contribution in [2.45, 2.75) is 58.2 Å². The smallest absolute Gasteiger partial charge is 0.349 e. The Morgan fingerprint density at radius 3 is 2.75 bits per heavy atom. The highest BCUT2D eigenvalue weighted by Crippen LogP contribution is 2.49. The summed E-state index contributed by atoms with van der Waals surface area (Å²) in [5.41, 5.74) is -0.743. The van der Waals surface area contributed by atoms with Crippen LogP contribution in [0.15, 0.2) is 24.4 Å². The lowest BCUT2D eigenvalue weighted by molar-refractivity contribution is -0.142. The molecule has 2 aliphatic rings. The molecule has 1 N–H and O–H groups in total. The second kappa shape index (κ2) is 7.86. The van der Waals surface area contributed by atoms with Crippen molar-refractivity contribution in [3.05, 3.63) is 40.5 Å². The average Bonchev–Trinajstić information content (AvgIpc) is 3.55. The Morgan fingerprint density at radius 1 is 1.31 bits per heavy atom. The fourth-order valence-electron chi connectivity index (χ4n) is 5.45. The van der Waals surface area contributed by atoms with Crippen LogP contribution in [-0.2, 0) is 12.6 Å². The SMILES string of the molecule is CCc1ccc(-c2cc(C(F)(F)F)n3ncc(C(=O)N[C@@H](C)[C@H]4C[C@H]5CC[C@H]4C5)c3n2)s1. The van der Waals surface area contributed by atoms with Gasteiger partial charge in [-0.2, -0.15) is 18.3 Å². The van der Waals surface area contributed by atoms with Gasteiger partial charge in [0, 0.05) is 10.9 Å². The maximum Gasteiger partial charge on any atom is 0.433 e. The third-order valence-corrected chi connectivity index (χ3v) is 8.32. The first-order chi connectivity index (χ1) is 15.2. The van der Waals surface area contributed by atoms with Gasteiger partial charge in [0.25, 0.3) is 5.91 Å². The van der Waals surface area contributed by atoms with Crippen LogP contribution in [0.5, 0.6) is 0 Å². The van der Waals surface area contributed by atoms with Crippen LogP contribution >= 0.6 is 11.3 Å². The third kappa shape index (κ3) is 3.70. The molecule has 32 heavy (non-hydrogen) atoms. The Bertz CT molecular complexity index is 1170. The van der Waals surface area contributed by atoms with Crippen LogP contribution in [0.4, 0.5) is 13.2 Å². The minimum Gasteiger partial charge on any atom is -0.349 e. The van der Waals surface area contributed by atoms with Gasteiger partial charge >= 0.3 is 6.18 Å². The molecule has 1 amide bonds. The number of nitrogens with zero attached hydrogens (tertiary/aromatic N) is 3. The summed E-state index contributed by atoms with van der Waals surface area (Å²) >= 11 is 1.40. The zero-order chi connectivity index (χ0) is 22.6. The molecule has 0 aromatic carbocycles. The van der Waals surface area contributed by atoms with Gasteiger partial charge in [0.2, 0.25) is 0 Å². The molecule has 2 saturated carbocycles. The second-order valence-electron chi connectivity index (χ2n) is 9.04. The Morgan fingerprint density at radius 2 is 2.12 bits per heavy atom. The van der Waals surface area contributed by atoms with Crippen molar-refractivity contribution >= 4 is 22.9 Å². The van der Waals surface area contributed by atoms with Gasteiger partial charge in [-0.3, -0.25) is 4.79 Å². The van der Waals surface area contributed by atoms with E-state index in [1.807, 2.05) is 19.9 Å². The highest BCUT2D eigenvalue weighted by molar-refractivity contribution is 7.15. The molecule has 2 bridgehead atoms. The summed E-state index contributed by atoms with van der Waals surface area (Å²) in [7, 11) is 0. The maximum absolute atomic E-state index is 13.8. The number of amides is 1. The van der Waals surface area contributed by atoms with E-state index in [1.54, 1.807) is 6.07 Å². The average molecular weight is 463 g/mol. The van der Waals surface area contributed by atoms with Crippen LogP contribution in [0, 0.1) is 17.8 Å². The van der Waals surface area contributed by atoms with Gasteiger partial charge in [0.1, 0.15) is 5.56 Å². The number of halogens is 3. The lowest BCUT2D eigenvalue weighted by atomic mass is 9.84. The van der Waals surface area contributed by atoms with Crippen LogP contribution in [0.1, 0.15) is 60.5 Å². The number of rotatable bonds is 5. The predicted molar refractivity (Wildman–Crippen MR) is 117 cm³/mol. The van der Waals surface area contributed by atoms with Gasteiger partial charge < -0.3 is 5.32 Å². The molecule has 5 rings (SSSR count). The molecule has 0 saturated heterocycles. The summed E-state index contributed by atoms with van der Waals surface area (Å²) in [6.45, 7) is 3.98. The zero-order valence-electron chi connectivity index (χ0n) is 17.9. The molecule has 170 valence electrons. The number of thiophene rings is 1. The Kier molecular flexibility index (Phi) is 5.27. The van der Waals surface area contributed by atoms with E-state index in [4.69, 9.17) is 0 Å². The van der Waals surface area contributed by atoms with Crippen molar-refractivity contribution in [1.82, 2.24) is 19.9 Å². The first-order valence-corrected chi connectivity index (χ1v) is 11.9. The Balaban J connectivity index is 1.50. The van der Waals surface area contributed by atoms with E-state index in [0.717, 1.165) is 34.2 Å². The van der Waals surface area contributed by atoms with Gasteiger partial charge in [0.15, 0.2) is 11.3 Å². The van der Waals surface area contributed by atoms with E-state index < -0.39 is 17.8 Å².